The molecule has 0 aromatic heterocycles. The van der Waals surface area contributed by atoms with Crippen LogP contribution in [-0.2, 0) is 0 Å². The standard InChI is InChI=1S/C18H30.C2H6/c1-12-6-9-15-14-8-7-13-5-4-10-17(13,2)16(14)11-18(12,15)3;1-2/h12-16H,4-11H2,1-3H3;1-2H3. The van der Waals surface area contributed by atoms with Crippen LogP contribution in [-0.4, -0.2) is 0 Å². The van der Waals surface area contributed by atoms with Crippen LogP contribution in [0.3, 0.4) is 0 Å². The Kier molecular flexibility index (Phi) is 3.75. The van der Waals surface area contributed by atoms with E-state index in [1.54, 1.807) is 38.5 Å². The average molecular weight is 277 g/mol. The van der Waals surface area contributed by atoms with Crippen molar-refractivity contribution in [1.29, 1.82) is 0 Å². The van der Waals surface area contributed by atoms with Crippen LogP contribution in [0.1, 0.15) is 86.0 Å². The lowest BCUT2D eigenvalue weighted by atomic mass is 9.58. The Morgan fingerprint density at radius 3 is 2.30 bits per heavy atom. The molecule has 7 unspecified atom stereocenters. The van der Waals surface area contributed by atoms with Gasteiger partial charge < -0.3 is 0 Å². The number of fused-ring (bicyclic) bond motifs is 5. The Morgan fingerprint density at radius 2 is 1.55 bits per heavy atom. The van der Waals surface area contributed by atoms with Crippen molar-refractivity contribution in [3.63, 3.8) is 0 Å². The predicted octanol–water partition coefficient (Wildman–Crippen LogP) is 6.30. The van der Waals surface area contributed by atoms with E-state index in [0.29, 0.717) is 0 Å². The van der Waals surface area contributed by atoms with E-state index < -0.39 is 0 Å². The van der Waals surface area contributed by atoms with Crippen LogP contribution in [0, 0.1) is 40.4 Å². The molecule has 0 heteroatoms. The smallest absolute Gasteiger partial charge is 0.0266 e. The van der Waals surface area contributed by atoms with Crippen molar-refractivity contribution < 1.29 is 0 Å². The van der Waals surface area contributed by atoms with Gasteiger partial charge >= 0.3 is 0 Å². The molecule has 4 aliphatic carbocycles. The Bertz CT molecular complexity index is 359. The molecular weight excluding hydrogens is 240 g/mol. The molecule has 0 nitrogen and oxygen atoms in total. The normalized spacial score (nSPS) is 56.5. The second-order valence-corrected chi connectivity index (χ2v) is 8.74. The molecule has 4 fully saturated rings. The summed E-state index contributed by atoms with van der Waals surface area (Å²) in [7, 11) is 0. The fourth-order valence-electron chi connectivity index (χ4n) is 7.16. The maximum absolute atomic E-state index is 2.68. The summed E-state index contributed by atoms with van der Waals surface area (Å²) >= 11 is 0. The molecule has 20 heavy (non-hydrogen) atoms. The summed E-state index contributed by atoms with van der Waals surface area (Å²) in [6.45, 7) is 11.9. The summed E-state index contributed by atoms with van der Waals surface area (Å²) in [5.74, 6) is 5.39. The fraction of sp³-hybridized carbons (Fsp3) is 1.00. The van der Waals surface area contributed by atoms with Crippen molar-refractivity contribution in [2.45, 2.75) is 86.0 Å². The average Bonchev–Trinajstić information content (AvgIpc) is 3.05. The van der Waals surface area contributed by atoms with Crippen LogP contribution < -0.4 is 0 Å². The largest absolute Gasteiger partial charge is 0.0683 e. The van der Waals surface area contributed by atoms with E-state index in [-0.39, 0.29) is 0 Å². The summed E-state index contributed by atoms with van der Waals surface area (Å²) in [5.41, 5.74) is 1.46. The van der Waals surface area contributed by atoms with Crippen LogP contribution in [0.4, 0.5) is 0 Å². The fourth-order valence-corrected chi connectivity index (χ4v) is 7.16. The third-order valence-electron chi connectivity index (χ3n) is 8.47. The van der Waals surface area contributed by atoms with Gasteiger partial charge in [-0.15, -0.1) is 0 Å². The monoisotopic (exact) mass is 276 g/mol. The van der Waals surface area contributed by atoms with E-state index >= 15 is 0 Å². The Labute approximate surface area is 127 Å². The molecule has 4 saturated carbocycles. The lowest BCUT2D eigenvalue weighted by molar-refractivity contribution is 0.0238. The molecule has 0 heterocycles. The van der Waals surface area contributed by atoms with Gasteiger partial charge in [0.05, 0.1) is 0 Å². The molecule has 0 aromatic rings. The minimum atomic E-state index is 0.718. The van der Waals surface area contributed by atoms with Gasteiger partial charge in [0.15, 0.2) is 0 Å². The van der Waals surface area contributed by atoms with E-state index in [2.05, 4.69) is 20.8 Å². The van der Waals surface area contributed by atoms with Gasteiger partial charge in [-0.3, -0.25) is 0 Å². The van der Waals surface area contributed by atoms with Gasteiger partial charge in [-0.25, -0.2) is 0 Å². The van der Waals surface area contributed by atoms with E-state index in [1.807, 2.05) is 13.8 Å². The summed E-state index contributed by atoms with van der Waals surface area (Å²) < 4.78 is 0. The van der Waals surface area contributed by atoms with Gasteiger partial charge in [-0.2, -0.15) is 0 Å². The Hall–Kier alpha value is 0. The summed E-state index contributed by atoms with van der Waals surface area (Å²) in [4.78, 5) is 0. The van der Waals surface area contributed by atoms with Gasteiger partial charge in [0, 0.05) is 0 Å². The first-order valence-corrected chi connectivity index (χ1v) is 9.56. The van der Waals surface area contributed by atoms with Gasteiger partial charge in [0.1, 0.15) is 0 Å². The highest BCUT2D eigenvalue weighted by atomic mass is 14.7. The van der Waals surface area contributed by atoms with Crippen molar-refractivity contribution in [3.8, 4) is 0 Å². The molecule has 0 bridgehead atoms. The van der Waals surface area contributed by atoms with E-state index in [9.17, 15) is 0 Å². The molecule has 116 valence electrons. The molecule has 0 spiro atoms. The van der Waals surface area contributed by atoms with E-state index in [0.717, 1.165) is 40.4 Å². The Balaban J connectivity index is 0.000000581. The quantitative estimate of drug-likeness (QED) is 0.487. The lowest BCUT2D eigenvalue weighted by Crippen LogP contribution is -2.39. The topological polar surface area (TPSA) is 0 Å². The molecule has 0 N–H and O–H groups in total. The predicted molar refractivity (Wildman–Crippen MR) is 87.6 cm³/mol. The molecule has 0 radical (unpaired) electrons. The molecule has 7 atom stereocenters. The summed E-state index contributed by atoms with van der Waals surface area (Å²) in [6, 6.07) is 0. The minimum Gasteiger partial charge on any atom is -0.0683 e. The zero-order chi connectivity index (χ0) is 14.5. The molecule has 0 amide bonds. The lowest BCUT2D eigenvalue weighted by Gasteiger charge is -2.47. The van der Waals surface area contributed by atoms with Crippen molar-refractivity contribution in [3.05, 3.63) is 0 Å². The van der Waals surface area contributed by atoms with Crippen molar-refractivity contribution >= 4 is 0 Å². The van der Waals surface area contributed by atoms with Gasteiger partial charge in [-0.05, 0) is 85.4 Å². The van der Waals surface area contributed by atoms with Gasteiger partial charge in [0.2, 0.25) is 0 Å². The van der Waals surface area contributed by atoms with Crippen LogP contribution in [0.2, 0.25) is 0 Å². The van der Waals surface area contributed by atoms with Crippen LogP contribution in [0.15, 0.2) is 0 Å². The van der Waals surface area contributed by atoms with E-state index in [1.165, 1.54) is 12.8 Å². The highest BCUT2D eigenvalue weighted by molar-refractivity contribution is 5.11. The molecule has 4 aliphatic rings. The van der Waals surface area contributed by atoms with Gasteiger partial charge in [-0.1, -0.05) is 41.0 Å². The second kappa shape index (κ2) is 5.03. The number of rotatable bonds is 0. The van der Waals surface area contributed by atoms with Crippen molar-refractivity contribution in [1.82, 2.24) is 0 Å². The highest BCUT2D eigenvalue weighted by Gasteiger charge is 2.62. The van der Waals surface area contributed by atoms with Crippen molar-refractivity contribution in [2.24, 2.45) is 40.4 Å². The highest BCUT2D eigenvalue weighted by Crippen LogP contribution is 2.70. The zero-order valence-electron chi connectivity index (χ0n) is 14.5. The molecule has 4 rings (SSSR count). The Morgan fingerprint density at radius 1 is 0.800 bits per heavy atom. The third-order valence-corrected chi connectivity index (χ3v) is 8.47. The minimum absolute atomic E-state index is 0.718. The molecule has 0 saturated heterocycles. The molecule has 0 aromatic carbocycles. The summed E-state index contributed by atoms with van der Waals surface area (Å²) in [6.07, 6.45) is 12.4. The molecular formula is C20H36. The second-order valence-electron chi connectivity index (χ2n) is 8.74. The first-order valence-electron chi connectivity index (χ1n) is 9.56. The van der Waals surface area contributed by atoms with E-state index in [4.69, 9.17) is 0 Å². The van der Waals surface area contributed by atoms with Crippen molar-refractivity contribution in [2.75, 3.05) is 0 Å². The summed E-state index contributed by atoms with van der Waals surface area (Å²) in [5, 5.41) is 0. The third kappa shape index (κ3) is 1.78. The van der Waals surface area contributed by atoms with Crippen LogP contribution >= 0.6 is 0 Å². The van der Waals surface area contributed by atoms with Crippen LogP contribution in [0.25, 0.3) is 0 Å². The first-order chi connectivity index (χ1) is 9.56. The molecule has 0 aliphatic heterocycles. The SMILES string of the molecule is CC.CC1CCC2C3CCC4CCCC4(C)C3CC12C. The first kappa shape index (κ1) is 14.9. The maximum atomic E-state index is 2.68. The number of hydrogen-bond donors (Lipinski definition) is 0. The zero-order valence-corrected chi connectivity index (χ0v) is 14.5. The van der Waals surface area contributed by atoms with Crippen LogP contribution in [0.5, 0.6) is 0 Å². The van der Waals surface area contributed by atoms with Gasteiger partial charge in [0.25, 0.3) is 0 Å². The number of hydrogen-bond acceptors (Lipinski definition) is 0. The maximum Gasteiger partial charge on any atom is -0.0266 e.